The number of carbonyl (C=O) groups is 4. The monoisotopic (exact) mass is 521 g/mol. The molecule has 0 aromatic heterocycles. The lowest BCUT2D eigenvalue weighted by Gasteiger charge is -2.26. The molecule has 2 fully saturated rings. The molecule has 1 N–H and O–H groups in total. The second kappa shape index (κ2) is 10.8. The summed E-state index contributed by atoms with van der Waals surface area (Å²) in [6.45, 7) is -0.270. The van der Waals surface area contributed by atoms with Crippen LogP contribution in [0.25, 0.3) is 0 Å². The number of esters is 1. The van der Waals surface area contributed by atoms with Gasteiger partial charge in [0.2, 0.25) is 21.8 Å². The summed E-state index contributed by atoms with van der Waals surface area (Å²) in [4.78, 5) is 50.5. The van der Waals surface area contributed by atoms with Crippen LogP contribution in [0.15, 0.2) is 35.2 Å². The summed E-state index contributed by atoms with van der Waals surface area (Å²) in [5.41, 5.74) is 0.0781. The van der Waals surface area contributed by atoms with Crippen molar-refractivity contribution >= 4 is 39.4 Å². The predicted octanol–water partition coefficient (Wildman–Crippen LogP) is 0.149. The minimum atomic E-state index is -3.82. The Bertz CT molecular complexity index is 1170. The number of nitrogens with zero attached hydrogens (tertiary/aromatic N) is 2. The number of anilines is 1. The molecule has 2 aliphatic heterocycles. The van der Waals surface area contributed by atoms with Gasteiger partial charge in [0.15, 0.2) is 6.61 Å². The smallest absolute Gasteiger partial charge is 0.326 e. The molecule has 194 valence electrons. The Morgan fingerprint density at radius 1 is 1.08 bits per heavy atom. The summed E-state index contributed by atoms with van der Waals surface area (Å²) in [5, 5.41) is 2.48. The first-order chi connectivity index (χ1) is 17.2. The highest BCUT2D eigenvalue weighted by Gasteiger charge is 2.47. The number of carbonyl (C=O) groups excluding carboxylic acids is 4. The van der Waals surface area contributed by atoms with E-state index in [0.717, 1.165) is 4.90 Å². The summed E-state index contributed by atoms with van der Waals surface area (Å²) < 4.78 is 42.5. The van der Waals surface area contributed by atoms with Gasteiger partial charge in [0.1, 0.15) is 12.3 Å². The highest BCUT2D eigenvalue weighted by atomic mass is 32.2. The molecule has 36 heavy (non-hydrogen) atoms. The normalized spacial score (nSPS) is 22.3. The molecule has 0 saturated carbocycles. The van der Waals surface area contributed by atoms with Crippen molar-refractivity contribution in [2.24, 2.45) is 11.8 Å². The fourth-order valence-corrected chi connectivity index (χ4v) is 5.85. The number of sulfonamides is 1. The van der Waals surface area contributed by atoms with Gasteiger partial charge in [-0.05, 0) is 31.0 Å². The number of nitrogens with one attached hydrogen (secondary N) is 1. The number of imide groups is 1. The lowest BCUT2D eigenvalue weighted by molar-refractivity contribution is -0.154. The van der Waals surface area contributed by atoms with E-state index in [1.54, 1.807) is 0 Å². The average molecular weight is 522 g/mol. The fraction of sp³-hybridized carbons (Fsp3) is 0.478. The van der Waals surface area contributed by atoms with Gasteiger partial charge in [-0.2, -0.15) is 4.31 Å². The van der Waals surface area contributed by atoms with Crippen LogP contribution in [0.1, 0.15) is 12.8 Å². The minimum Gasteiger partial charge on any atom is -0.495 e. The Hall–Kier alpha value is -3.29. The van der Waals surface area contributed by atoms with Crippen molar-refractivity contribution in [2.75, 3.05) is 51.9 Å². The Labute approximate surface area is 208 Å². The number of fused-ring (bicyclic) bond motifs is 1. The highest BCUT2D eigenvalue weighted by molar-refractivity contribution is 7.89. The predicted molar refractivity (Wildman–Crippen MR) is 124 cm³/mol. The first-order valence-corrected chi connectivity index (χ1v) is 12.9. The molecular formula is C23H27N3O9S. The van der Waals surface area contributed by atoms with Crippen LogP contribution in [-0.4, -0.2) is 87.9 Å². The number of ether oxygens (including phenoxy) is 3. The van der Waals surface area contributed by atoms with E-state index in [-0.39, 0.29) is 42.6 Å². The Morgan fingerprint density at radius 3 is 2.33 bits per heavy atom. The number of hydrogen-bond donors (Lipinski definition) is 1. The molecule has 13 heteroatoms. The van der Waals surface area contributed by atoms with Crippen molar-refractivity contribution in [3.8, 4) is 5.75 Å². The molecule has 3 amide bonds. The molecule has 0 radical (unpaired) electrons. The number of methoxy groups -OCH3 is 1. The maximum atomic E-state index is 12.9. The van der Waals surface area contributed by atoms with Crippen molar-refractivity contribution < 1.29 is 41.8 Å². The molecular weight excluding hydrogens is 494 g/mol. The highest BCUT2D eigenvalue weighted by Crippen LogP contribution is 2.35. The zero-order valence-corrected chi connectivity index (χ0v) is 20.5. The number of rotatable bonds is 8. The molecule has 4 rings (SSSR count). The van der Waals surface area contributed by atoms with Crippen LogP contribution in [0.3, 0.4) is 0 Å². The van der Waals surface area contributed by atoms with Crippen LogP contribution in [0.4, 0.5) is 5.69 Å². The van der Waals surface area contributed by atoms with Crippen molar-refractivity contribution in [2.45, 2.75) is 17.7 Å². The first-order valence-electron chi connectivity index (χ1n) is 11.4. The zero-order chi connectivity index (χ0) is 25.9. The van der Waals surface area contributed by atoms with Crippen molar-refractivity contribution in [1.82, 2.24) is 9.21 Å². The average Bonchev–Trinajstić information content (AvgIpc) is 3.13. The molecule has 0 spiro atoms. The molecule has 0 bridgehead atoms. The van der Waals surface area contributed by atoms with Gasteiger partial charge in [-0.1, -0.05) is 12.2 Å². The Kier molecular flexibility index (Phi) is 7.71. The molecule has 2 saturated heterocycles. The molecule has 12 nitrogen and oxygen atoms in total. The topological polar surface area (TPSA) is 149 Å². The van der Waals surface area contributed by atoms with Gasteiger partial charge in [-0.15, -0.1) is 0 Å². The van der Waals surface area contributed by atoms with Gasteiger partial charge < -0.3 is 19.5 Å². The van der Waals surface area contributed by atoms with Gasteiger partial charge >= 0.3 is 5.97 Å². The van der Waals surface area contributed by atoms with Crippen LogP contribution in [-0.2, 0) is 38.7 Å². The summed E-state index contributed by atoms with van der Waals surface area (Å²) in [6, 6.07) is 4.05. The third-order valence-electron chi connectivity index (χ3n) is 6.30. The number of amides is 3. The van der Waals surface area contributed by atoms with Gasteiger partial charge in [0.05, 0.1) is 42.7 Å². The second-order valence-corrected chi connectivity index (χ2v) is 10.4. The molecule has 2 atom stereocenters. The summed E-state index contributed by atoms with van der Waals surface area (Å²) in [5.74, 6) is -3.22. The fourth-order valence-electron chi connectivity index (χ4n) is 4.41. The maximum Gasteiger partial charge on any atom is 0.326 e. The molecule has 1 aromatic rings. The van der Waals surface area contributed by atoms with Crippen molar-refractivity contribution in [3.05, 3.63) is 30.4 Å². The number of morpholine rings is 1. The van der Waals surface area contributed by atoms with Gasteiger partial charge in [0, 0.05) is 13.1 Å². The molecule has 0 unspecified atom stereocenters. The van der Waals surface area contributed by atoms with Crippen LogP contribution in [0.2, 0.25) is 0 Å². The lowest BCUT2D eigenvalue weighted by atomic mass is 9.85. The van der Waals surface area contributed by atoms with Gasteiger partial charge in [-0.25, -0.2) is 8.42 Å². The molecule has 1 aliphatic carbocycles. The van der Waals surface area contributed by atoms with Crippen LogP contribution in [0, 0.1) is 11.8 Å². The van der Waals surface area contributed by atoms with E-state index in [9.17, 15) is 27.6 Å². The molecule has 3 aliphatic rings. The van der Waals surface area contributed by atoms with E-state index in [0.29, 0.717) is 12.8 Å². The third-order valence-corrected chi connectivity index (χ3v) is 8.20. The summed E-state index contributed by atoms with van der Waals surface area (Å²) in [7, 11) is -2.46. The Morgan fingerprint density at radius 2 is 1.72 bits per heavy atom. The number of hydrogen-bond acceptors (Lipinski definition) is 9. The van der Waals surface area contributed by atoms with Crippen molar-refractivity contribution in [3.63, 3.8) is 0 Å². The second-order valence-electron chi connectivity index (χ2n) is 8.51. The first kappa shape index (κ1) is 25.8. The van der Waals surface area contributed by atoms with Crippen LogP contribution >= 0.6 is 0 Å². The SMILES string of the molecule is COc1ccc(S(=O)(=O)N2CCOCC2)cc1NC(=O)COC(=O)CN1C(=O)[C@@H]2CC=CC[C@H]2C1=O. The zero-order valence-electron chi connectivity index (χ0n) is 19.7. The van der Waals surface area contributed by atoms with E-state index in [1.807, 2.05) is 12.2 Å². The van der Waals surface area contributed by atoms with Gasteiger partial charge in [0.25, 0.3) is 5.91 Å². The third kappa shape index (κ3) is 5.27. The van der Waals surface area contributed by atoms with E-state index in [1.165, 1.54) is 29.6 Å². The molecule has 2 heterocycles. The summed E-state index contributed by atoms with van der Waals surface area (Å²) in [6.07, 6.45) is 4.58. The quantitative estimate of drug-likeness (QED) is 0.287. The van der Waals surface area contributed by atoms with E-state index >= 15 is 0 Å². The summed E-state index contributed by atoms with van der Waals surface area (Å²) >= 11 is 0. The van der Waals surface area contributed by atoms with Crippen molar-refractivity contribution in [1.29, 1.82) is 0 Å². The van der Waals surface area contributed by atoms with E-state index in [2.05, 4.69) is 5.32 Å². The number of likely N-dealkylation sites (tertiary alicyclic amines) is 1. The largest absolute Gasteiger partial charge is 0.495 e. The maximum absolute atomic E-state index is 12.9. The number of allylic oxidation sites excluding steroid dienone is 2. The van der Waals surface area contributed by atoms with Crippen LogP contribution in [0.5, 0.6) is 5.75 Å². The van der Waals surface area contributed by atoms with E-state index in [4.69, 9.17) is 14.2 Å². The minimum absolute atomic E-state index is 0.0421. The lowest BCUT2D eigenvalue weighted by Crippen LogP contribution is -2.40. The standard InChI is InChI=1S/C23H27N3O9S/c1-33-19-7-6-15(36(31,32)25-8-10-34-11-9-25)12-18(19)24-20(27)14-35-21(28)13-26-22(29)16-4-2-3-5-17(16)23(26)30/h2-3,6-7,12,16-17H,4-5,8-11,13-14H2,1H3,(H,24,27)/t16-,17-/m1/s1. The molecule has 1 aromatic carbocycles. The van der Waals surface area contributed by atoms with E-state index < -0.39 is 58.7 Å². The Balaban J connectivity index is 1.36. The number of benzene rings is 1. The van der Waals surface area contributed by atoms with Crippen LogP contribution < -0.4 is 10.1 Å². The van der Waals surface area contributed by atoms with Gasteiger partial charge in [-0.3, -0.25) is 24.1 Å².